The van der Waals surface area contributed by atoms with E-state index in [4.69, 9.17) is 5.10 Å². The van der Waals surface area contributed by atoms with E-state index in [1.807, 2.05) is 16.9 Å². The van der Waals surface area contributed by atoms with Gasteiger partial charge in [-0.15, -0.1) is 0 Å². The van der Waals surface area contributed by atoms with Crippen molar-refractivity contribution in [2.24, 2.45) is 0 Å². The Bertz CT molecular complexity index is 814. The number of rotatable bonds is 1. The summed E-state index contributed by atoms with van der Waals surface area (Å²) in [5.74, 6) is 0. The number of hydrogen-bond acceptors (Lipinski definition) is 2. The van der Waals surface area contributed by atoms with Gasteiger partial charge in [-0.05, 0) is 29.2 Å². The van der Waals surface area contributed by atoms with Gasteiger partial charge in [0.05, 0.1) is 16.9 Å². The molecule has 0 aliphatic carbocycles. The molecule has 3 nitrogen and oxygen atoms in total. The van der Waals surface area contributed by atoms with E-state index in [9.17, 15) is 0 Å². The van der Waals surface area contributed by atoms with Crippen molar-refractivity contribution >= 4 is 10.9 Å². The van der Waals surface area contributed by atoms with Crippen molar-refractivity contribution in [1.82, 2.24) is 14.8 Å². The molecule has 0 saturated heterocycles. The highest BCUT2D eigenvalue weighted by Gasteiger charge is 2.29. The summed E-state index contributed by atoms with van der Waals surface area (Å²) in [6, 6.07) is 10.4. The Balaban J connectivity index is 2.17. The van der Waals surface area contributed by atoms with Gasteiger partial charge in [-0.2, -0.15) is 5.10 Å². The first-order chi connectivity index (χ1) is 10.7. The Morgan fingerprint density at radius 3 is 2.26 bits per heavy atom. The molecule has 2 aromatic heterocycles. The van der Waals surface area contributed by atoms with Crippen LogP contribution in [0.25, 0.3) is 16.6 Å². The van der Waals surface area contributed by atoms with Crippen LogP contribution in [0.4, 0.5) is 0 Å². The molecule has 0 aliphatic heterocycles. The number of pyridine rings is 1. The largest absolute Gasteiger partial charge is 0.256 e. The van der Waals surface area contributed by atoms with Gasteiger partial charge in [0, 0.05) is 23.2 Å². The van der Waals surface area contributed by atoms with Gasteiger partial charge in [-0.25, -0.2) is 4.68 Å². The predicted octanol–water partition coefficient (Wildman–Crippen LogP) is 5.02. The second-order valence-electron chi connectivity index (χ2n) is 8.22. The second-order valence-corrected chi connectivity index (χ2v) is 8.22. The lowest BCUT2D eigenvalue weighted by Crippen LogP contribution is -2.20. The van der Waals surface area contributed by atoms with Crippen molar-refractivity contribution in [2.45, 2.75) is 52.4 Å². The van der Waals surface area contributed by atoms with Gasteiger partial charge in [-0.1, -0.05) is 53.7 Å². The molecule has 120 valence electrons. The molecule has 1 aromatic carbocycles. The summed E-state index contributed by atoms with van der Waals surface area (Å²) in [5.41, 5.74) is 4.59. The first kappa shape index (κ1) is 15.7. The maximum Gasteiger partial charge on any atom is 0.0723 e. The fraction of sp³-hybridized carbons (Fsp3) is 0.400. The number of fused-ring (bicyclic) bond motifs is 1. The Kier molecular flexibility index (Phi) is 3.55. The molecule has 0 amide bonds. The number of hydrogen-bond donors (Lipinski definition) is 0. The molecule has 0 atom stereocenters. The van der Waals surface area contributed by atoms with E-state index >= 15 is 0 Å². The van der Waals surface area contributed by atoms with Crippen LogP contribution in [0.2, 0.25) is 0 Å². The molecule has 23 heavy (non-hydrogen) atoms. The maximum atomic E-state index is 4.91. The Morgan fingerprint density at radius 1 is 0.913 bits per heavy atom. The third kappa shape index (κ3) is 3.00. The molecule has 2 heterocycles. The van der Waals surface area contributed by atoms with Gasteiger partial charge >= 0.3 is 0 Å². The fourth-order valence-corrected chi connectivity index (χ4v) is 2.81. The monoisotopic (exact) mass is 307 g/mol. The fourth-order valence-electron chi connectivity index (χ4n) is 2.81. The zero-order valence-corrected chi connectivity index (χ0v) is 14.9. The van der Waals surface area contributed by atoms with Crippen LogP contribution in [0.5, 0.6) is 0 Å². The Hall–Kier alpha value is -2.16. The molecular formula is C20H25N3. The van der Waals surface area contributed by atoms with Gasteiger partial charge in [0.15, 0.2) is 0 Å². The molecule has 0 saturated carbocycles. The van der Waals surface area contributed by atoms with E-state index in [0.717, 1.165) is 22.3 Å². The first-order valence-corrected chi connectivity index (χ1v) is 8.12. The predicted molar refractivity (Wildman–Crippen MR) is 96.3 cm³/mol. The molecule has 0 radical (unpaired) electrons. The quantitative estimate of drug-likeness (QED) is 0.632. The smallest absolute Gasteiger partial charge is 0.0723 e. The van der Waals surface area contributed by atoms with Crippen LogP contribution in [0, 0.1) is 0 Å². The van der Waals surface area contributed by atoms with Gasteiger partial charge in [0.2, 0.25) is 0 Å². The molecule has 0 aliphatic rings. The highest BCUT2D eigenvalue weighted by Crippen LogP contribution is 2.33. The summed E-state index contributed by atoms with van der Waals surface area (Å²) in [4.78, 5) is 4.45. The minimum Gasteiger partial charge on any atom is -0.256 e. The van der Waals surface area contributed by atoms with Crippen LogP contribution in [0.3, 0.4) is 0 Å². The Labute approximate surface area is 138 Å². The highest BCUT2D eigenvalue weighted by molar-refractivity contribution is 5.80. The van der Waals surface area contributed by atoms with E-state index < -0.39 is 0 Å². The molecular weight excluding hydrogens is 282 g/mol. The average molecular weight is 307 g/mol. The summed E-state index contributed by atoms with van der Waals surface area (Å²) >= 11 is 0. The van der Waals surface area contributed by atoms with Crippen LogP contribution in [-0.2, 0) is 10.8 Å². The third-order valence-corrected chi connectivity index (χ3v) is 4.09. The van der Waals surface area contributed by atoms with Crippen molar-refractivity contribution in [3.63, 3.8) is 0 Å². The minimum absolute atomic E-state index is 0.0168. The molecule has 3 rings (SSSR count). The van der Waals surface area contributed by atoms with Gasteiger partial charge in [-0.3, -0.25) is 4.98 Å². The zero-order valence-electron chi connectivity index (χ0n) is 14.9. The van der Waals surface area contributed by atoms with E-state index in [1.165, 1.54) is 5.56 Å². The second kappa shape index (κ2) is 5.19. The lowest BCUT2D eigenvalue weighted by atomic mass is 9.80. The van der Waals surface area contributed by atoms with Gasteiger partial charge in [0.1, 0.15) is 0 Å². The van der Waals surface area contributed by atoms with Crippen molar-refractivity contribution in [1.29, 1.82) is 0 Å². The Morgan fingerprint density at radius 2 is 1.65 bits per heavy atom. The number of nitrogens with zero attached hydrogens (tertiary/aromatic N) is 3. The van der Waals surface area contributed by atoms with Crippen molar-refractivity contribution < 1.29 is 0 Å². The molecule has 0 unspecified atom stereocenters. The maximum absolute atomic E-state index is 4.91. The lowest BCUT2D eigenvalue weighted by Gasteiger charge is -2.24. The first-order valence-electron chi connectivity index (χ1n) is 8.12. The summed E-state index contributed by atoms with van der Waals surface area (Å²) in [6.45, 7) is 13.4. The summed E-state index contributed by atoms with van der Waals surface area (Å²) in [6.07, 6.45) is 4.00. The van der Waals surface area contributed by atoms with E-state index in [1.54, 1.807) is 0 Å². The van der Waals surface area contributed by atoms with Gasteiger partial charge in [0.25, 0.3) is 0 Å². The van der Waals surface area contributed by atoms with Crippen LogP contribution in [0.15, 0.2) is 42.7 Å². The molecule has 3 aromatic rings. The van der Waals surface area contributed by atoms with E-state index in [-0.39, 0.29) is 10.8 Å². The summed E-state index contributed by atoms with van der Waals surface area (Å²) in [7, 11) is 0. The number of aromatic nitrogens is 3. The lowest BCUT2D eigenvalue weighted by molar-refractivity contribution is 0.518. The van der Waals surface area contributed by atoms with Crippen molar-refractivity contribution in [2.75, 3.05) is 0 Å². The number of benzene rings is 1. The van der Waals surface area contributed by atoms with Gasteiger partial charge < -0.3 is 0 Å². The van der Waals surface area contributed by atoms with E-state index in [0.29, 0.717) is 0 Å². The zero-order chi connectivity index (χ0) is 16.8. The molecule has 0 N–H and O–H groups in total. The summed E-state index contributed by atoms with van der Waals surface area (Å²) < 4.78 is 2.00. The van der Waals surface area contributed by atoms with E-state index in [2.05, 4.69) is 77.0 Å². The molecule has 0 bridgehead atoms. The van der Waals surface area contributed by atoms with Crippen LogP contribution < -0.4 is 0 Å². The topological polar surface area (TPSA) is 30.7 Å². The third-order valence-electron chi connectivity index (χ3n) is 4.09. The SMILES string of the molecule is CC(C)(C)c1cn(-c2ccc3cccnc3c2)nc1C(C)(C)C. The van der Waals surface area contributed by atoms with Crippen LogP contribution >= 0.6 is 0 Å². The highest BCUT2D eigenvalue weighted by atomic mass is 15.3. The van der Waals surface area contributed by atoms with Crippen molar-refractivity contribution in [3.8, 4) is 5.69 Å². The molecule has 3 heteroatoms. The molecule has 0 spiro atoms. The van der Waals surface area contributed by atoms with Crippen molar-refractivity contribution in [3.05, 3.63) is 54.0 Å². The van der Waals surface area contributed by atoms with Crippen LogP contribution in [-0.4, -0.2) is 14.8 Å². The summed E-state index contributed by atoms with van der Waals surface area (Å²) in [5, 5.41) is 6.06. The minimum atomic E-state index is 0.0168. The average Bonchev–Trinajstić information content (AvgIpc) is 2.92. The normalized spacial score (nSPS) is 12.8. The standard InChI is InChI=1S/C20H25N3/c1-19(2,3)16-13-23(22-18(16)20(4,5)6)15-10-9-14-8-7-11-21-17(14)12-15/h7-13H,1-6H3. The van der Waals surface area contributed by atoms with Crippen LogP contribution in [0.1, 0.15) is 52.8 Å². The molecule has 0 fully saturated rings.